The molecule has 1 saturated heterocycles. The Hall–Kier alpha value is -3.00. The number of nitrogens with two attached hydrogens (primary N) is 1. The number of rotatable bonds is 8. The molecule has 1 aromatic carbocycles. The molecular weight excluding hydrogens is 473 g/mol. The van der Waals surface area contributed by atoms with Crippen molar-refractivity contribution in [3.63, 3.8) is 0 Å². The molecule has 4 rings (SSSR count). The van der Waals surface area contributed by atoms with Gasteiger partial charge < -0.3 is 16.0 Å². The van der Waals surface area contributed by atoms with Crippen LogP contribution in [0.5, 0.6) is 0 Å². The van der Waals surface area contributed by atoms with E-state index in [0.717, 1.165) is 41.8 Å². The predicted octanol–water partition coefficient (Wildman–Crippen LogP) is 4.25. The Labute approximate surface area is 195 Å². The number of hydrogen-bond donors (Lipinski definition) is 2. The SMILES string of the molecule is NC(=O)C(c1cccnc1)c1cc(Br)c(N2CCCC2)nc1NCCc1cccc(F)c1. The summed E-state index contributed by atoms with van der Waals surface area (Å²) in [5.41, 5.74) is 8.10. The van der Waals surface area contributed by atoms with Crippen LogP contribution >= 0.6 is 15.9 Å². The molecule has 32 heavy (non-hydrogen) atoms. The van der Waals surface area contributed by atoms with E-state index in [1.54, 1.807) is 24.5 Å². The van der Waals surface area contributed by atoms with E-state index in [1.807, 2.05) is 18.2 Å². The van der Waals surface area contributed by atoms with Crippen LogP contribution in [-0.4, -0.2) is 35.5 Å². The normalized spacial score (nSPS) is 14.4. The van der Waals surface area contributed by atoms with E-state index < -0.39 is 11.8 Å². The fourth-order valence-corrected chi connectivity index (χ4v) is 4.65. The van der Waals surface area contributed by atoms with E-state index in [9.17, 15) is 9.18 Å². The van der Waals surface area contributed by atoms with E-state index in [1.165, 1.54) is 12.1 Å². The summed E-state index contributed by atoms with van der Waals surface area (Å²) >= 11 is 3.65. The number of anilines is 2. The smallest absolute Gasteiger partial charge is 0.229 e. The Morgan fingerprint density at radius 2 is 2.03 bits per heavy atom. The highest BCUT2D eigenvalue weighted by Crippen LogP contribution is 2.36. The lowest BCUT2D eigenvalue weighted by Crippen LogP contribution is -2.26. The van der Waals surface area contributed by atoms with Crippen LogP contribution in [0.2, 0.25) is 0 Å². The van der Waals surface area contributed by atoms with Crippen LogP contribution in [0.1, 0.15) is 35.4 Å². The summed E-state index contributed by atoms with van der Waals surface area (Å²) in [6.07, 6.45) is 6.16. The summed E-state index contributed by atoms with van der Waals surface area (Å²) in [7, 11) is 0. The number of hydrogen-bond acceptors (Lipinski definition) is 5. The zero-order chi connectivity index (χ0) is 22.5. The first kappa shape index (κ1) is 22.2. The molecule has 1 atom stereocenters. The maximum Gasteiger partial charge on any atom is 0.229 e. The third-order valence-electron chi connectivity index (χ3n) is 5.60. The Balaban J connectivity index is 1.68. The van der Waals surface area contributed by atoms with Crippen molar-refractivity contribution in [1.82, 2.24) is 9.97 Å². The number of aromatic nitrogens is 2. The third-order valence-corrected chi connectivity index (χ3v) is 6.18. The van der Waals surface area contributed by atoms with Gasteiger partial charge in [0.05, 0.1) is 10.4 Å². The lowest BCUT2D eigenvalue weighted by atomic mass is 9.92. The highest BCUT2D eigenvalue weighted by atomic mass is 79.9. The van der Waals surface area contributed by atoms with Gasteiger partial charge in [-0.1, -0.05) is 18.2 Å². The molecule has 8 heteroatoms. The fraction of sp³-hybridized carbons (Fsp3) is 0.292. The van der Waals surface area contributed by atoms with Crippen molar-refractivity contribution in [1.29, 1.82) is 0 Å². The van der Waals surface area contributed by atoms with E-state index in [0.29, 0.717) is 29.9 Å². The van der Waals surface area contributed by atoms with Crippen LogP contribution in [-0.2, 0) is 11.2 Å². The molecule has 0 spiro atoms. The van der Waals surface area contributed by atoms with Crippen LogP contribution in [0, 0.1) is 5.82 Å². The van der Waals surface area contributed by atoms with Gasteiger partial charge in [-0.25, -0.2) is 9.37 Å². The summed E-state index contributed by atoms with van der Waals surface area (Å²) in [6.45, 7) is 2.41. The van der Waals surface area contributed by atoms with Gasteiger partial charge in [0.2, 0.25) is 5.91 Å². The van der Waals surface area contributed by atoms with Crippen LogP contribution in [0.3, 0.4) is 0 Å². The summed E-state index contributed by atoms with van der Waals surface area (Å²) < 4.78 is 14.4. The van der Waals surface area contributed by atoms with Crippen molar-refractivity contribution in [3.8, 4) is 0 Å². The van der Waals surface area contributed by atoms with Gasteiger partial charge in [0.1, 0.15) is 17.5 Å². The maximum atomic E-state index is 13.5. The van der Waals surface area contributed by atoms with Gasteiger partial charge in [0.25, 0.3) is 0 Å². The van der Waals surface area contributed by atoms with Gasteiger partial charge in [0.15, 0.2) is 0 Å². The average molecular weight is 498 g/mol. The molecule has 3 N–H and O–H groups in total. The molecule has 0 bridgehead atoms. The monoisotopic (exact) mass is 497 g/mol. The van der Waals surface area contributed by atoms with Crippen LogP contribution < -0.4 is 16.0 Å². The molecule has 0 radical (unpaired) electrons. The molecule has 1 unspecified atom stereocenters. The molecular formula is C24H25BrFN5O. The average Bonchev–Trinajstić information content (AvgIpc) is 3.30. The molecule has 1 fully saturated rings. The number of benzene rings is 1. The number of nitrogens with one attached hydrogen (secondary N) is 1. The van der Waals surface area contributed by atoms with E-state index in [4.69, 9.17) is 10.7 Å². The number of pyridine rings is 2. The summed E-state index contributed by atoms with van der Waals surface area (Å²) in [5, 5.41) is 3.37. The molecule has 1 aliphatic heterocycles. The van der Waals surface area contributed by atoms with Gasteiger partial charge in [-0.3, -0.25) is 9.78 Å². The first-order chi connectivity index (χ1) is 15.5. The van der Waals surface area contributed by atoms with E-state index in [2.05, 4.69) is 31.1 Å². The number of carbonyl (C=O) groups excluding carboxylic acids is 1. The first-order valence-corrected chi connectivity index (χ1v) is 11.4. The Morgan fingerprint density at radius 3 is 2.72 bits per heavy atom. The lowest BCUT2D eigenvalue weighted by Gasteiger charge is -2.24. The van der Waals surface area contributed by atoms with Gasteiger partial charge >= 0.3 is 0 Å². The Kier molecular flexibility index (Phi) is 6.99. The number of primary amides is 1. The Morgan fingerprint density at radius 1 is 1.22 bits per heavy atom. The molecule has 3 heterocycles. The molecule has 0 saturated carbocycles. The topological polar surface area (TPSA) is 84.1 Å². The summed E-state index contributed by atoms with van der Waals surface area (Å²) in [6, 6.07) is 12.1. The standard InChI is InChI=1S/C24H25BrFN5O/c25-20-14-19(21(22(27)32)17-6-4-9-28-15-17)23(30-24(20)31-11-1-2-12-31)29-10-8-16-5-3-7-18(26)13-16/h3-7,9,13-15,21H,1-2,8,10-12H2,(H2,27,32)(H,29,30). The second kappa shape index (κ2) is 10.1. The third kappa shape index (κ3) is 5.07. The molecule has 6 nitrogen and oxygen atoms in total. The van der Waals surface area contributed by atoms with Crippen molar-refractivity contribution in [2.24, 2.45) is 5.73 Å². The van der Waals surface area contributed by atoms with Crippen molar-refractivity contribution in [3.05, 3.63) is 81.8 Å². The molecule has 1 amide bonds. The van der Waals surface area contributed by atoms with Crippen LogP contribution in [0.25, 0.3) is 0 Å². The number of nitrogens with zero attached hydrogens (tertiary/aromatic N) is 3. The lowest BCUT2D eigenvalue weighted by molar-refractivity contribution is -0.118. The van der Waals surface area contributed by atoms with Crippen molar-refractivity contribution in [2.45, 2.75) is 25.2 Å². The number of carbonyl (C=O) groups is 1. The van der Waals surface area contributed by atoms with E-state index in [-0.39, 0.29) is 5.82 Å². The second-order valence-electron chi connectivity index (χ2n) is 7.85. The molecule has 0 aliphatic carbocycles. The fourth-order valence-electron chi connectivity index (χ4n) is 4.07. The van der Waals surface area contributed by atoms with E-state index >= 15 is 0 Å². The van der Waals surface area contributed by atoms with Crippen molar-refractivity contribution < 1.29 is 9.18 Å². The molecule has 166 valence electrons. The Bertz CT molecular complexity index is 1090. The number of halogens is 2. The number of amides is 1. The predicted molar refractivity (Wildman–Crippen MR) is 127 cm³/mol. The van der Waals surface area contributed by atoms with Gasteiger partial charge in [0, 0.05) is 37.6 Å². The molecule has 1 aliphatic rings. The largest absolute Gasteiger partial charge is 0.369 e. The van der Waals surface area contributed by atoms with Crippen molar-refractivity contribution >= 4 is 33.5 Å². The van der Waals surface area contributed by atoms with Gasteiger partial charge in [-0.15, -0.1) is 0 Å². The van der Waals surface area contributed by atoms with Crippen molar-refractivity contribution in [2.75, 3.05) is 29.9 Å². The molecule has 3 aromatic rings. The minimum Gasteiger partial charge on any atom is -0.369 e. The van der Waals surface area contributed by atoms with Gasteiger partial charge in [-0.2, -0.15) is 0 Å². The van der Waals surface area contributed by atoms with Gasteiger partial charge in [-0.05, 0) is 70.6 Å². The molecule has 2 aromatic heterocycles. The minimum atomic E-state index is -0.697. The zero-order valence-electron chi connectivity index (χ0n) is 17.6. The first-order valence-electron chi connectivity index (χ1n) is 10.7. The zero-order valence-corrected chi connectivity index (χ0v) is 19.2. The highest BCUT2D eigenvalue weighted by Gasteiger charge is 2.27. The minimum absolute atomic E-state index is 0.258. The second-order valence-corrected chi connectivity index (χ2v) is 8.71. The summed E-state index contributed by atoms with van der Waals surface area (Å²) in [4.78, 5) is 23.8. The maximum absolute atomic E-state index is 13.5. The summed E-state index contributed by atoms with van der Waals surface area (Å²) in [5.74, 6) is 0.00492. The van der Waals surface area contributed by atoms with Crippen LogP contribution in [0.15, 0.2) is 59.3 Å². The van der Waals surface area contributed by atoms with Crippen LogP contribution in [0.4, 0.5) is 16.0 Å². The quantitative estimate of drug-likeness (QED) is 0.485. The highest BCUT2D eigenvalue weighted by molar-refractivity contribution is 9.10.